The molecule has 0 saturated carbocycles. The lowest BCUT2D eigenvalue weighted by Gasteiger charge is -2.44. The zero-order valence-electron chi connectivity index (χ0n) is 38.5. The molecule has 382 valence electrons. The molecule has 0 spiro atoms. The van der Waals surface area contributed by atoms with Gasteiger partial charge in [0.25, 0.3) is 5.91 Å². The fourth-order valence-corrected chi connectivity index (χ4v) is 8.19. The second-order valence-electron chi connectivity index (χ2n) is 16.6. The predicted octanol–water partition coefficient (Wildman–Crippen LogP) is -2.60. The Labute approximate surface area is 394 Å². The number of hydrogen-bond donors (Lipinski definition) is 9. The minimum atomic E-state index is -5.58. The van der Waals surface area contributed by atoms with E-state index in [0.717, 1.165) is 16.7 Å². The Kier molecular flexibility index (Phi) is 21.0. The number of fused-ring (bicyclic) bond motifs is 2. The van der Waals surface area contributed by atoms with Gasteiger partial charge in [-0.05, 0) is 50.0 Å². The molecule has 6 amide bonds. The number of carbonyl (C=O) groups excluding carboxylic acids is 7. The van der Waals surface area contributed by atoms with Gasteiger partial charge in [0.05, 0.1) is 0 Å². The van der Waals surface area contributed by atoms with Crippen LogP contribution in [0.1, 0.15) is 78.7 Å². The van der Waals surface area contributed by atoms with E-state index in [9.17, 15) is 60.1 Å². The van der Waals surface area contributed by atoms with Crippen LogP contribution in [0.5, 0.6) is 0 Å². The second kappa shape index (κ2) is 25.2. The van der Waals surface area contributed by atoms with E-state index in [-0.39, 0.29) is 51.0 Å². The Morgan fingerprint density at radius 2 is 1.54 bits per heavy atom. The van der Waals surface area contributed by atoms with Crippen LogP contribution in [0, 0.1) is 11.8 Å². The highest BCUT2D eigenvalue weighted by Gasteiger charge is 2.47. The van der Waals surface area contributed by atoms with E-state index in [1.54, 1.807) is 58.0 Å². The van der Waals surface area contributed by atoms with Crippen molar-refractivity contribution in [2.45, 2.75) is 134 Å². The van der Waals surface area contributed by atoms with Crippen molar-refractivity contribution >= 4 is 68.2 Å². The number of amides is 6. The molecule has 11 N–H and O–H groups in total. The number of rotatable bonds is 17. The third-order valence-corrected chi connectivity index (χ3v) is 12.5. The van der Waals surface area contributed by atoms with E-state index in [2.05, 4.69) is 29.3 Å². The monoisotopic (exact) mass is 1010 g/mol. The first-order chi connectivity index (χ1) is 31.7. The number of piperidine rings is 1. The molecule has 2 fully saturated rings. The van der Waals surface area contributed by atoms with Gasteiger partial charge in [-0.2, -0.15) is 16.8 Å². The maximum absolute atomic E-state index is 14.8. The van der Waals surface area contributed by atoms with Gasteiger partial charge in [0.2, 0.25) is 29.5 Å². The highest BCUT2D eigenvalue weighted by molar-refractivity contribution is 7.81. The summed E-state index contributed by atoms with van der Waals surface area (Å²) < 4.78 is 78.6. The van der Waals surface area contributed by atoms with E-state index in [4.69, 9.17) is 20.8 Å². The van der Waals surface area contributed by atoms with Crippen molar-refractivity contribution in [1.29, 1.82) is 0 Å². The molecule has 2 heterocycles. The summed E-state index contributed by atoms with van der Waals surface area (Å²) in [7, 11) is -9.61. The molecule has 10 unspecified atom stereocenters. The van der Waals surface area contributed by atoms with Gasteiger partial charge in [0.1, 0.15) is 55.2 Å². The molecule has 2 aliphatic rings. The SMILES string of the molecule is CCC(C)C1NC(=O)C(Cc2ccccc2)N(C)C(=O)C(C(C)CC)N2C(=O)C(CCC2O)NC(=O)C(CCCN=C(N)N)NC(=O)C(NC(=O)[C@@H](COS(=O)(=O)O)OS(=O)(=O)O)C(C)OC1=O. The summed E-state index contributed by atoms with van der Waals surface area (Å²) >= 11 is 0. The average molecular weight is 1010 g/mol. The number of nitrogens with two attached hydrogens (primary N) is 2. The predicted molar refractivity (Wildman–Crippen MR) is 239 cm³/mol. The quantitative estimate of drug-likeness (QED) is 0.0254. The van der Waals surface area contributed by atoms with Crippen LogP contribution in [0.25, 0.3) is 0 Å². The third kappa shape index (κ3) is 16.6. The topological polar surface area (TPSA) is 395 Å². The molecule has 68 heavy (non-hydrogen) atoms. The number of esters is 1. The number of aliphatic hydroxyl groups is 1. The minimum Gasteiger partial charge on any atom is -0.458 e. The number of nitrogens with one attached hydrogen (secondary N) is 4. The molecule has 26 nitrogen and oxygen atoms in total. The van der Waals surface area contributed by atoms with Gasteiger partial charge in [0, 0.05) is 20.0 Å². The molecular weight excluding hydrogens is 943 g/mol. The molecule has 28 heteroatoms. The van der Waals surface area contributed by atoms with E-state index in [1.807, 2.05) is 5.32 Å². The maximum Gasteiger partial charge on any atom is 0.398 e. The maximum atomic E-state index is 14.8. The van der Waals surface area contributed by atoms with Gasteiger partial charge < -0.3 is 52.4 Å². The molecule has 1 aromatic rings. The summed E-state index contributed by atoms with van der Waals surface area (Å²) in [5.41, 5.74) is 11.5. The normalized spacial score (nSPS) is 26.4. The molecule has 0 aromatic heterocycles. The van der Waals surface area contributed by atoms with E-state index in [0.29, 0.717) is 12.0 Å². The number of guanidine groups is 1. The van der Waals surface area contributed by atoms with Crippen molar-refractivity contribution in [2.75, 3.05) is 20.2 Å². The van der Waals surface area contributed by atoms with Crippen LogP contribution in [-0.2, 0) is 73.9 Å². The largest absolute Gasteiger partial charge is 0.458 e. The molecule has 0 radical (unpaired) electrons. The van der Waals surface area contributed by atoms with Crippen LogP contribution in [0.2, 0.25) is 0 Å². The first-order valence-corrected chi connectivity index (χ1v) is 24.5. The summed E-state index contributed by atoms with van der Waals surface area (Å²) in [6, 6.07) is -0.897. The lowest BCUT2D eigenvalue weighted by atomic mass is 9.91. The van der Waals surface area contributed by atoms with Crippen LogP contribution in [-0.4, -0.2) is 163 Å². The van der Waals surface area contributed by atoms with E-state index < -0.39 is 135 Å². The van der Waals surface area contributed by atoms with Crippen LogP contribution < -0.4 is 32.7 Å². The molecule has 0 aliphatic carbocycles. The fourth-order valence-electron chi connectivity index (χ4n) is 7.46. The zero-order valence-corrected chi connectivity index (χ0v) is 40.1. The number of hydrogen-bond acceptors (Lipinski definition) is 16. The average Bonchev–Trinajstić information content (AvgIpc) is 3.26. The number of nitrogens with zero attached hydrogens (tertiary/aromatic N) is 3. The van der Waals surface area contributed by atoms with Crippen LogP contribution in [0.4, 0.5) is 0 Å². The van der Waals surface area contributed by atoms with Gasteiger partial charge >= 0.3 is 26.8 Å². The van der Waals surface area contributed by atoms with Crippen molar-refractivity contribution in [1.82, 2.24) is 31.1 Å². The summed E-state index contributed by atoms with van der Waals surface area (Å²) in [6.07, 6.45) is -6.08. The Balaban J connectivity index is 2.29. The van der Waals surface area contributed by atoms with Crippen molar-refractivity contribution in [3.63, 3.8) is 0 Å². The fraction of sp³-hybridized carbons (Fsp3) is 0.650. The van der Waals surface area contributed by atoms with Crippen LogP contribution in [0.3, 0.4) is 0 Å². The van der Waals surface area contributed by atoms with Gasteiger partial charge in [0.15, 0.2) is 12.1 Å². The van der Waals surface area contributed by atoms with E-state index >= 15 is 0 Å². The Bertz CT molecular complexity index is 2220. The number of aliphatic hydroxyl groups excluding tert-OH is 1. The Morgan fingerprint density at radius 3 is 2.12 bits per heavy atom. The van der Waals surface area contributed by atoms with Gasteiger partial charge in [-0.25, -0.2) is 13.2 Å². The molecule has 2 saturated heterocycles. The summed E-state index contributed by atoms with van der Waals surface area (Å²) in [6.45, 7) is 6.10. The summed E-state index contributed by atoms with van der Waals surface area (Å²) in [4.78, 5) is 106. The Morgan fingerprint density at radius 1 is 0.912 bits per heavy atom. The lowest BCUT2D eigenvalue weighted by molar-refractivity contribution is -0.168. The zero-order chi connectivity index (χ0) is 51.3. The number of carbonyl (C=O) groups is 7. The van der Waals surface area contributed by atoms with Gasteiger partial charge in [-0.3, -0.25) is 42.9 Å². The number of aliphatic imine (C=N–C) groups is 1. The molecule has 2 bridgehead atoms. The first kappa shape index (κ1) is 56.8. The number of cyclic esters (lactones) is 1. The molecule has 3 rings (SSSR count). The minimum absolute atomic E-state index is 0.00408. The molecule has 11 atom stereocenters. The summed E-state index contributed by atoms with van der Waals surface area (Å²) in [5.74, 6) is -9.34. The highest BCUT2D eigenvalue weighted by atomic mass is 32.3. The lowest BCUT2D eigenvalue weighted by Crippen LogP contribution is -2.66. The second-order valence-corrected chi connectivity index (χ2v) is 18.7. The molecule has 2 aliphatic heterocycles. The number of likely N-dealkylation sites (N-methyl/N-ethyl adjacent to an activating group) is 1. The van der Waals surface area contributed by atoms with Crippen molar-refractivity contribution in [3.05, 3.63) is 35.9 Å². The van der Waals surface area contributed by atoms with Crippen molar-refractivity contribution < 1.29 is 77.7 Å². The molecular formula is C40H63N9O17S2. The number of ether oxygens (including phenoxy) is 1. The summed E-state index contributed by atoms with van der Waals surface area (Å²) in [5, 5.41) is 21.1. The molecule has 1 aromatic carbocycles. The van der Waals surface area contributed by atoms with Crippen molar-refractivity contribution in [2.24, 2.45) is 28.3 Å². The van der Waals surface area contributed by atoms with Crippen LogP contribution >= 0.6 is 0 Å². The first-order valence-electron chi connectivity index (χ1n) is 21.7. The standard InChI is InChI=1S/C40H63N9O17S2/c1-7-21(3)30-39(57)65-23(5)31(47-35(53)28(66-68(61,62)63)20-64-67(58,59)60)36(54)44-25(15-12-18-43-40(41)42)33(51)45-26-16-17-29(50)49(37(26)55)32(22(4)8-2)38(56)48(6)27(34(52)46-30)19-24-13-10-9-11-14-24/h9-11,13-14,21-23,25-32,50H,7-8,12,15-20H2,1-6H3,(H,44,54)(H,45,51)(H,46,52)(H,47,53)(H4,41,42,43)(H,58,59,60)(H,61,62,63)/t21?,22?,23?,25?,26?,27?,28-,29?,30?,31?,32?/m1/s1. The van der Waals surface area contributed by atoms with E-state index in [1.165, 1.54) is 7.05 Å². The Hall–Kier alpha value is -5.52. The number of benzene rings is 1. The highest BCUT2D eigenvalue weighted by Crippen LogP contribution is 2.28. The van der Waals surface area contributed by atoms with Crippen molar-refractivity contribution in [3.8, 4) is 0 Å². The van der Waals surface area contributed by atoms with Gasteiger partial charge in [-0.15, -0.1) is 0 Å². The third-order valence-electron chi connectivity index (χ3n) is 11.6. The smallest absolute Gasteiger partial charge is 0.398 e. The van der Waals surface area contributed by atoms with Crippen LogP contribution in [0.15, 0.2) is 35.3 Å². The van der Waals surface area contributed by atoms with Gasteiger partial charge in [-0.1, -0.05) is 70.9 Å².